The highest BCUT2D eigenvalue weighted by atomic mass is 127. The minimum atomic E-state index is 0.652. The van der Waals surface area contributed by atoms with Gasteiger partial charge in [0.05, 0.1) is 6.61 Å². The minimum absolute atomic E-state index is 0.652. The Kier molecular flexibility index (Phi) is 6.32. The molecule has 8 heavy (non-hydrogen) atoms. The predicted molar refractivity (Wildman–Crippen MR) is 44.6 cm³/mol. The number of halogens is 1. The number of alkyl halides is 1. The van der Waals surface area contributed by atoms with E-state index >= 15 is 0 Å². The molecule has 0 aromatic carbocycles. The molecule has 0 fully saturated rings. The first-order chi connectivity index (χ1) is 3.77. The fraction of sp³-hybridized carbons (Fsp3) is 1.00. The van der Waals surface area contributed by atoms with Crippen LogP contribution in [-0.4, -0.2) is 17.1 Å². The molecule has 50 valence electrons. The second kappa shape index (κ2) is 5.82. The van der Waals surface area contributed by atoms with Crippen molar-refractivity contribution >= 4 is 22.6 Å². The van der Waals surface area contributed by atoms with Crippen molar-refractivity contribution in [3.63, 3.8) is 0 Å². The van der Waals surface area contributed by atoms with Gasteiger partial charge in [0, 0.05) is 10.5 Å². The van der Waals surface area contributed by atoms with E-state index in [0.29, 0.717) is 3.92 Å². The van der Waals surface area contributed by atoms with Gasteiger partial charge in [-0.3, -0.25) is 0 Å². The smallest absolute Gasteiger partial charge is 0.0581 e. The SMILES string of the molecule is CCCOCC(C)I. The van der Waals surface area contributed by atoms with Gasteiger partial charge in [0.25, 0.3) is 0 Å². The molecule has 0 spiro atoms. The zero-order chi connectivity index (χ0) is 6.41. The highest BCUT2D eigenvalue weighted by molar-refractivity contribution is 14.1. The summed E-state index contributed by atoms with van der Waals surface area (Å²) in [6.45, 7) is 6.08. The van der Waals surface area contributed by atoms with Crippen molar-refractivity contribution in [1.82, 2.24) is 0 Å². The Morgan fingerprint density at radius 2 is 2.25 bits per heavy atom. The Labute approximate surface area is 64.9 Å². The summed E-state index contributed by atoms with van der Waals surface area (Å²) < 4.78 is 5.89. The molecule has 1 unspecified atom stereocenters. The molecule has 0 heterocycles. The lowest BCUT2D eigenvalue weighted by molar-refractivity contribution is 0.141. The molecule has 0 aliphatic rings. The van der Waals surface area contributed by atoms with Crippen molar-refractivity contribution in [2.45, 2.75) is 24.2 Å². The van der Waals surface area contributed by atoms with E-state index in [1.807, 2.05) is 0 Å². The van der Waals surface area contributed by atoms with Crippen molar-refractivity contribution in [3.05, 3.63) is 0 Å². The summed E-state index contributed by atoms with van der Waals surface area (Å²) in [6, 6.07) is 0. The van der Waals surface area contributed by atoms with Crippen LogP contribution in [0.15, 0.2) is 0 Å². The van der Waals surface area contributed by atoms with E-state index in [1.54, 1.807) is 0 Å². The van der Waals surface area contributed by atoms with Gasteiger partial charge >= 0.3 is 0 Å². The maximum atomic E-state index is 5.24. The molecule has 1 atom stereocenters. The van der Waals surface area contributed by atoms with Crippen molar-refractivity contribution in [2.24, 2.45) is 0 Å². The molecule has 0 rings (SSSR count). The van der Waals surface area contributed by atoms with E-state index in [1.165, 1.54) is 0 Å². The maximum absolute atomic E-state index is 5.24. The maximum Gasteiger partial charge on any atom is 0.0581 e. The summed E-state index contributed by atoms with van der Waals surface area (Å²) in [7, 11) is 0. The Morgan fingerprint density at radius 1 is 1.62 bits per heavy atom. The third-order valence-corrected chi connectivity index (χ3v) is 1.06. The summed E-state index contributed by atoms with van der Waals surface area (Å²) in [5.41, 5.74) is 0. The lowest BCUT2D eigenvalue weighted by Gasteiger charge is -2.02. The molecular formula is C6H13IO. The second-order valence-corrected chi connectivity index (χ2v) is 3.98. The average molecular weight is 228 g/mol. The van der Waals surface area contributed by atoms with Crippen LogP contribution in [0.25, 0.3) is 0 Å². The fourth-order valence-corrected chi connectivity index (χ4v) is 0.644. The number of hydrogen-bond acceptors (Lipinski definition) is 1. The average Bonchev–Trinajstić information content (AvgIpc) is 1.66. The molecule has 0 aliphatic carbocycles. The van der Waals surface area contributed by atoms with Crippen molar-refractivity contribution < 1.29 is 4.74 Å². The fourth-order valence-electron chi connectivity index (χ4n) is 0.390. The monoisotopic (exact) mass is 228 g/mol. The van der Waals surface area contributed by atoms with Crippen molar-refractivity contribution in [3.8, 4) is 0 Å². The van der Waals surface area contributed by atoms with E-state index in [0.717, 1.165) is 19.6 Å². The van der Waals surface area contributed by atoms with Crippen LogP contribution >= 0.6 is 22.6 Å². The normalized spacial score (nSPS) is 13.9. The van der Waals surface area contributed by atoms with Gasteiger partial charge in [-0.15, -0.1) is 0 Å². The Balaban J connectivity index is 2.72. The standard InChI is InChI=1S/C6H13IO/c1-3-4-8-5-6(2)7/h6H,3-5H2,1-2H3. The second-order valence-electron chi connectivity index (χ2n) is 1.86. The van der Waals surface area contributed by atoms with Crippen LogP contribution in [0, 0.1) is 0 Å². The summed E-state index contributed by atoms with van der Waals surface area (Å²) in [4.78, 5) is 0. The molecule has 0 saturated carbocycles. The van der Waals surface area contributed by atoms with Gasteiger partial charge in [-0.2, -0.15) is 0 Å². The molecule has 2 heteroatoms. The molecule has 0 aliphatic heterocycles. The van der Waals surface area contributed by atoms with Gasteiger partial charge in [-0.1, -0.05) is 36.4 Å². The topological polar surface area (TPSA) is 9.23 Å². The van der Waals surface area contributed by atoms with Gasteiger partial charge in [-0.25, -0.2) is 0 Å². The molecular weight excluding hydrogens is 215 g/mol. The van der Waals surface area contributed by atoms with E-state index in [4.69, 9.17) is 4.74 Å². The van der Waals surface area contributed by atoms with Gasteiger partial charge in [0.1, 0.15) is 0 Å². The number of hydrogen-bond donors (Lipinski definition) is 0. The third-order valence-electron chi connectivity index (χ3n) is 0.696. The van der Waals surface area contributed by atoms with Crippen LogP contribution in [0.2, 0.25) is 0 Å². The largest absolute Gasteiger partial charge is 0.380 e. The summed E-state index contributed by atoms with van der Waals surface area (Å²) >= 11 is 2.36. The lowest BCUT2D eigenvalue weighted by Crippen LogP contribution is -2.03. The summed E-state index contributed by atoms with van der Waals surface area (Å²) in [5.74, 6) is 0. The molecule has 0 N–H and O–H groups in total. The third kappa shape index (κ3) is 6.69. The first kappa shape index (κ1) is 8.69. The highest BCUT2D eigenvalue weighted by Gasteiger charge is 1.91. The van der Waals surface area contributed by atoms with Gasteiger partial charge in [-0.05, 0) is 6.42 Å². The molecule has 0 bridgehead atoms. The molecule has 0 saturated heterocycles. The van der Waals surface area contributed by atoms with E-state index in [9.17, 15) is 0 Å². The van der Waals surface area contributed by atoms with Gasteiger partial charge in [0.2, 0.25) is 0 Å². The first-order valence-electron chi connectivity index (χ1n) is 2.99. The molecule has 0 aromatic rings. The Hall–Kier alpha value is 0.690. The summed E-state index contributed by atoms with van der Waals surface area (Å²) in [5, 5.41) is 0. The van der Waals surface area contributed by atoms with Crippen molar-refractivity contribution in [1.29, 1.82) is 0 Å². The van der Waals surface area contributed by atoms with Crippen LogP contribution in [0.5, 0.6) is 0 Å². The van der Waals surface area contributed by atoms with E-state index in [2.05, 4.69) is 36.4 Å². The van der Waals surface area contributed by atoms with Crippen LogP contribution in [-0.2, 0) is 4.74 Å². The zero-order valence-electron chi connectivity index (χ0n) is 5.48. The summed E-state index contributed by atoms with van der Waals surface area (Å²) in [6.07, 6.45) is 1.13. The highest BCUT2D eigenvalue weighted by Crippen LogP contribution is 1.97. The Bertz CT molecular complexity index is 45.8. The van der Waals surface area contributed by atoms with Crippen LogP contribution in [0.3, 0.4) is 0 Å². The first-order valence-corrected chi connectivity index (χ1v) is 4.23. The molecule has 0 radical (unpaired) electrons. The lowest BCUT2D eigenvalue weighted by atomic mass is 10.5. The quantitative estimate of drug-likeness (QED) is 0.407. The predicted octanol–water partition coefficient (Wildman–Crippen LogP) is 2.24. The van der Waals surface area contributed by atoms with E-state index in [-0.39, 0.29) is 0 Å². The van der Waals surface area contributed by atoms with Gasteiger partial charge in [0.15, 0.2) is 0 Å². The zero-order valence-corrected chi connectivity index (χ0v) is 7.64. The Morgan fingerprint density at radius 3 is 2.62 bits per heavy atom. The van der Waals surface area contributed by atoms with Crippen molar-refractivity contribution in [2.75, 3.05) is 13.2 Å². The molecule has 1 nitrogen and oxygen atoms in total. The van der Waals surface area contributed by atoms with Gasteiger partial charge < -0.3 is 4.74 Å². The van der Waals surface area contributed by atoms with Crippen LogP contribution in [0.4, 0.5) is 0 Å². The minimum Gasteiger partial charge on any atom is -0.380 e. The molecule has 0 aromatic heterocycles. The number of rotatable bonds is 4. The van der Waals surface area contributed by atoms with E-state index < -0.39 is 0 Å². The van der Waals surface area contributed by atoms with Crippen LogP contribution < -0.4 is 0 Å². The van der Waals surface area contributed by atoms with Crippen LogP contribution in [0.1, 0.15) is 20.3 Å². The molecule has 0 amide bonds. The number of ether oxygens (including phenoxy) is 1.